The summed E-state index contributed by atoms with van der Waals surface area (Å²) in [5.74, 6) is 1.64. The monoisotopic (exact) mass is 187 g/mol. The highest BCUT2D eigenvalue weighted by Gasteiger charge is 2.20. The summed E-state index contributed by atoms with van der Waals surface area (Å²) in [6, 6.07) is 9.13. The van der Waals surface area contributed by atoms with Gasteiger partial charge in [-0.05, 0) is 29.4 Å². The molecule has 75 valence electrons. The Labute approximate surface area is 87.3 Å². The average molecular weight is 187 g/mol. The molecular formula is C14H19. The number of rotatable bonds is 1. The molecule has 0 saturated heterocycles. The molecule has 2 rings (SSSR count). The predicted octanol–water partition coefficient (Wildman–Crippen LogP) is 4.09. The zero-order valence-corrected chi connectivity index (χ0v) is 9.43. The third-order valence-corrected chi connectivity index (χ3v) is 3.12. The van der Waals surface area contributed by atoms with E-state index in [4.69, 9.17) is 0 Å². The molecule has 1 radical (unpaired) electrons. The van der Waals surface area contributed by atoms with E-state index in [-0.39, 0.29) is 5.41 Å². The molecule has 0 aliphatic heterocycles. The van der Waals surface area contributed by atoms with Crippen LogP contribution in [0.4, 0.5) is 0 Å². The van der Waals surface area contributed by atoms with Crippen LogP contribution in [0.15, 0.2) is 24.3 Å². The van der Waals surface area contributed by atoms with Crippen LogP contribution in [-0.2, 0) is 5.41 Å². The van der Waals surface area contributed by atoms with Crippen LogP contribution < -0.4 is 0 Å². The van der Waals surface area contributed by atoms with Gasteiger partial charge in [0.1, 0.15) is 0 Å². The lowest BCUT2D eigenvalue weighted by Gasteiger charge is -2.26. The van der Waals surface area contributed by atoms with Crippen molar-refractivity contribution in [2.75, 3.05) is 0 Å². The summed E-state index contributed by atoms with van der Waals surface area (Å²) in [5, 5.41) is 0. The third-order valence-electron chi connectivity index (χ3n) is 3.12. The molecule has 0 heterocycles. The van der Waals surface area contributed by atoms with Gasteiger partial charge in [0.25, 0.3) is 0 Å². The van der Waals surface area contributed by atoms with E-state index in [2.05, 4.69) is 45.0 Å². The van der Waals surface area contributed by atoms with Crippen molar-refractivity contribution in [1.29, 1.82) is 0 Å². The van der Waals surface area contributed by atoms with Crippen LogP contribution in [-0.4, -0.2) is 0 Å². The fourth-order valence-corrected chi connectivity index (χ4v) is 1.85. The van der Waals surface area contributed by atoms with Crippen molar-refractivity contribution >= 4 is 0 Å². The second-order valence-electron chi connectivity index (χ2n) is 5.28. The topological polar surface area (TPSA) is 0 Å². The predicted molar refractivity (Wildman–Crippen MR) is 61.3 cm³/mol. The molecule has 0 heteroatoms. The van der Waals surface area contributed by atoms with E-state index in [1.54, 1.807) is 5.92 Å². The summed E-state index contributed by atoms with van der Waals surface area (Å²) in [6.45, 7) is 6.79. The lowest BCUT2D eigenvalue weighted by atomic mass is 9.78. The van der Waals surface area contributed by atoms with E-state index in [1.807, 2.05) is 0 Å². The molecule has 0 atom stereocenters. The van der Waals surface area contributed by atoms with Crippen LogP contribution in [0.2, 0.25) is 0 Å². The zero-order valence-electron chi connectivity index (χ0n) is 9.43. The van der Waals surface area contributed by atoms with E-state index in [0.717, 1.165) is 0 Å². The number of hydrogen-bond donors (Lipinski definition) is 0. The van der Waals surface area contributed by atoms with Gasteiger partial charge in [-0.15, -0.1) is 0 Å². The van der Waals surface area contributed by atoms with E-state index >= 15 is 0 Å². The third kappa shape index (κ3) is 1.84. The van der Waals surface area contributed by atoms with Crippen molar-refractivity contribution in [1.82, 2.24) is 0 Å². The largest absolute Gasteiger partial charge is 0.0582 e. The fourth-order valence-electron chi connectivity index (χ4n) is 1.85. The molecule has 0 amide bonds. The maximum atomic E-state index is 2.29. The Morgan fingerprint density at radius 1 is 0.929 bits per heavy atom. The highest BCUT2D eigenvalue weighted by Crippen LogP contribution is 2.35. The molecule has 1 aromatic carbocycles. The minimum Gasteiger partial charge on any atom is -0.0582 e. The second kappa shape index (κ2) is 3.42. The van der Waals surface area contributed by atoms with Crippen LogP contribution in [0.3, 0.4) is 0 Å². The van der Waals surface area contributed by atoms with Gasteiger partial charge in [-0.2, -0.15) is 0 Å². The van der Waals surface area contributed by atoms with Crippen LogP contribution in [0.25, 0.3) is 0 Å². The van der Waals surface area contributed by atoms with Gasteiger partial charge in [0.2, 0.25) is 0 Å². The molecule has 1 aliphatic rings. The summed E-state index contributed by atoms with van der Waals surface area (Å²) in [6.07, 6.45) is 4.01. The molecule has 1 aromatic rings. The molecular weight excluding hydrogens is 168 g/mol. The van der Waals surface area contributed by atoms with Gasteiger partial charge in [0.15, 0.2) is 0 Å². The molecule has 1 aliphatic carbocycles. The van der Waals surface area contributed by atoms with Crippen molar-refractivity contribution in [3.05, 3.63) is 41.3 Å². The number of hydrogen-bond acceptors (Lipinski definition) is 0. The van der Waals surface area contributed by atoms with E-state index in [1.165, 1.54) is 30.4 Å². The lowest BCUT2D eigenvalue weighted by Crippen LogP contribution is -2.13. The Morgan fingerprint density at radius 2 is 1.50 bits per heavy atom. The van der Waals surface area contributed by atoms with Gasteiger partial charge in [-0.3, -0.25) is 0 Å². The van der Waals surface area contributed by atoms with Crippen molar-refractivity contribution < 1.29 is 0 Å². The Hall–Kier alpha value is -0.780. The average Bonchev–Trinajstić information content (AvgIpc) is 2.00. The molecule has 0 aromatic heterocycles. The molecule has 14 heavy (non-hydrogen) atoms. The summed E-state index contributed by atoms with van der Waals surface area (Å²) in [5.41, 5.74) is 3.17. The minimum atomic E-state index is 0.281. The molecule has 0 nitrogen and oxygen atoms in total. The second-order valence-corrected chi connectivity index (χ2v) is 5.28. The maximum Gasteiger partial charge on any atom is 0.00498 e. The van der Waals surface area contributed by atoms with E-state index in [9.17, 15) is 0 Å². The normalized spacial score (nSPS) is 17.9. The summed E-state index contributed by atoms with van der Waals surface area (Å²) < 4.78 is 0. The minimum absolute atomic E-state index is 0.281. The maximum absolute atomic E-state index is 2.29. The SMILES string of the molecule is CC(C)(C)c1ccc([C]2CCC2)cc1. The van der Waals surface area contributed by atoms with Crippen molar-refractivity contribution in [2.24, 2.45) is 0 Å². The van der Waals surface area contributed by atoms with Gasteiger partial charge in [-0.1, -0.05) is 51.5 Å². The highest BCUT2D eigenvalue weighted by atomic mass is 14.2. The molecule has 0 spiro atoms. The van der Waals surface area contributed by atoms with Crippen LogP contribution >= 0.6 is 0 Å². The Bertz CT molecular complexity index is 296. The zero-order chi connectivity index (χ0) is 10.2. The fraction of sp³-hybridized carbons (Fsp3) is 0.500. The van der Waals surface area contributed by atoms with E-state index in [0.29, 0.717) is 0 Å². The lowest BCUT2D eigenvalue weighted by molar-refractivity contribution is 0.573. The Morgan fingerprint density at radius 3 is 1.86 bits per heavy atom. The number of benzene rings is 1. The summed E-state index contributed by atoms with van der Waals surface area (Å²) in [7, 11) is 0. The Kier molecular flexibility index (Phi) is 2.38. The van der Waals surface area contributed by atoms with Crippen LogP contribution in [0.5, 0.6) is 0 Å². The van der Waals surface area contributed by atoms with Gasteiger partial charge in [0.05, 0.1) is 0 Å². The summed E-state index contributed by atoms with van der Waals surface area (Å²) >= 11 is 0. The van der Waals surface area contributed by atoms with Gasteiger partial charge < -0.3 is 0 Å². The highest BCUT2D eigenvalue weighted by molar-refractivity contribution is 5.37. The first-order chi connectivity index (χ1) is 6.57. The van der Waals surface area contributed by atoms with Crippen molar-refractivity contribution in [3.8, 4) is 0 Å². The van der Waals surface area contributed by atoms with Crippen LogP contribution in [0, 0.1) is 5.92 Å². The van der Waals surface area contributed by atoms with Gasteiger partial charge in [0, 0.05) is 5.92 Å². The van der Waals surface area contributed by atoms with Gasteiger partial charge in [-0.25, -0.2) is 0 Å². The molecule has 0 N–H and O–H groups in total. The van der Waals surface area contributed by atoms with Crippen molar-refractivity contribution in [3.63, 3.8) is 0 Å². The smallest absolute Gasteiger partial charge is 0.00498 e. The van der Waals surface area contributed by atoms with Gasteiger partial charge >= 0.3 is 0 Å². The first-order valence-corrected chi connectivity index (χ1v) is 5.53. The standard InChI is InChI=1S/C14H19/c1-14(2,3)13-9-7-12(8-10-13)11-5-4-6-11/h7-10H,4-6H2,1-3H3. The molecule has 1 fully saturated rings. The molecule has 0 unspecified atom stereocenters. The molecule has 1 saturated carbocycles. The van der Waals surface area contributed by atoms with Crippen molar-refractivity contribution in [2.45, 2.75) is 45.4 Å². The first-order valence-electron chi connectivity index (χ1n) is 5.53. The molecule has 0 bridgehead atoms. The summed E-state index contributed by atoms with van der Waals surface area (Å²) in [4.78, 5) is 0. The Balaban J connectivity index is 2.17. The first kappa shape index (κ1) is 9.76. The van der Waals surface area contributed by atoms with Crippen LogP contribution in [0.1, 0.15) is 51.2 Å². The van der Waals surface area contributed by atoms with E-state index < -0.39 is 0 Å². The quantitative estimate of drug-likeness (QED) is 0.621.